The first-order valence-corrected chi connectivity index (χ1v) is 3.21. The monoisotopic (exact) mass is 375 g/mol. The van der Waals surface area contributed by atoms with Crippen molar-refractivity contribution in [1.82, 2.24) is 9.55 Å². The Morgan fingerprint density at radius 2 is 2.07 bits per heavy atom. The second-order valence-corrected chi connectivity index (χ2v) is 2.28. The molecule has 0 radical (unpaired) electrons. The van der Waals surface area contributed by atoms with E-state index in [9.17, 15) is 9.59 Å². The second kappa shape index (κ2) is 6.49. The smallest absolute Gasteiger partial charge is 0.0744 e. The van der Waals surface area contributed by atoms with Crippen molar-refractivity contribution in [2.45, 2.75) is 0 Å². The summed E-state index contributed by atoms with van der Waals surface area (Å²) in [6.07, 6.45) is 4.72. The molecule has 0 spiro atoms. The summed E-state index contributed by atoms with van der Waals surface area (Å²) < 4.78 is 1.48. The van der Waals surface area contributed by atoms with Gasteiger partial charge >= 0.3 is 0 Å². The van der Waals surface area contributed by atoms with Crippen molar-refractivity contribution < 1.29 is 30.7 Å². The molecule has 5 nitrogen and oxygen atoms in total. The van der Waals surface area contributed by atoms with Gasteiger partial charge in [0.15, 0.2) is 0 Å². The van der Waals surface area contributed by atoms with E-state index in [1.54, 1.807) is 19.7 Å². The summed E-state index contributed by atoms with van der Waals surface area (Å²) >= 11 is 0. The Morgan fingerprint density at radius 3 is 2.50 bits per heavy atom. The van der Waals surface area contributed by atoms with Crippen molar-refractivity contribution in [2.75, 3.05) is 11.9 Å². The van der Waals surface area contributed by atoms with Gasteiger partial charge in [0.05, 0.1) is 12.7 Å². The number of imidazole rings is 1. The number of amides is 1. The fraction of sp³-hybridized carbons (Fsp3) is 0.250. The number of nitrogens with zero attached hydrogens (tertiary/aromatic N) is 3. The number of carbonyl (C=O) groups excluding carboxylic acids is 2. The number of hydrogen-bond donors (Lipinski definition) is 0. The van der Waals surface area contributed by atoms with Crippen LogP contribution in [-0.2, 0) is 37.7 Å². The molecule has 1 rings (SSSR count). The van der Waals surface area contributed by atoms with Crippen LogP contribution >= 0.6 is 0 Å². The molecule has 1 heterocycles. The molecule has 1 amide bonds. The molecular weight excluding hydrogens is 365 g/mol. The van der Waals surface area contributed by atoms with Crippen molar-refractivity contribution in [2.24, 2.45) is 7.05 Å². The van der Waals surface area contributed by atoms with Gasteiger partial charge in [-0.3, -0.25) is 0 Å². The molecule has 0 saturated heterocycles. The zero-order valence-electron chi connectivity index (χ0n) is 8.05. The van der Waals surface area contributed by atoms with E-state index in [0.29, 0.717) is 0 Å². The van der Waals surface area contributed by atoms with Gasteiger partial charge in [-0.05, 0) is 18.6 Å². The molecule has 0 unspecified atom stereocenters. The third-order valence-corrected chi connectivity index (χ3v) is 1.47. The van der Waals surface area contributed by atoms with Crippen LogP contribution in [-0.4, -0.2) is 29.3 Å². The van der Waals surface area contributed by atoms with E-state index in [4.69, 9.17) is 0 Å². The average Bonchev–Trinajstić information content (AvgIpc) is 2.45. The summed E-state index contributed by atoms with van der Waals surface area (Å²) in [5, 5.41) is 0. The summed E-state index contributed by atoms with van der Waals surface area (Å²) in [6, 6.07) is 0. The molecule has 0 aromatic carbocycles. The molecule has 6 heteroatoms. The first kappa shape index (κ1) is 15.5. The average molecular weight is 375 g/mol. The van der Waals surface area contributed by atoms with Gasteiger partial charge in [-0.25, -0.2) is 0 Å². The van der Waals surface area contributed by atoms with Crippen LogP contribution in [0.2, 0.25) is 0 Å². The van der Waals surface area contributed by atoms with Gasteiger partial charge in [-0.1, -0.05) is 0 Å². The first-order chi connectivity index (χ1) is 5.70. The quantitative estimate of drug-likeness (QED) is 0.545. The minimum atomic E-state index is 0. The number of aromatic nitrogens is 2. The molecule has 0 aliphatic heterocycles. The molecule has 82 valence electrons. The van der Waals surface area contributed by atoms with Crippen molar-refractivity contribution in [3.8, 4) is 0 Å². The summed E-state index contributed by atoms with van der Waals surface area (Å²) in [7, 11) is 3.12. The Morgan fingerprint density at radius 1 is 1.50 bits per heavy atom. The van der Waals surface area contributed by atoms with Gasteiger partial charge in [0.1, 0.15) is 0 Å². The maximum atomic E-state index is 10.4. The Kier molecular flexibility index (Phi) is 7.18. The normalized spacial score (nSPS) is 8.14. The number of anilines is 1. The van der Waals surface area contributed by atoms with Crippen LogP contribution in [0, 0.1) is 7.43 Å². The predicted octanol–water partition coefficient (Wildman–Crippen LogP) is -0.171. The summed E-state index contributed by atoms with van der Waals surface area (Å²) in [6.45, 7) is 0. The molecule has 0 bridgehead atoms. The number of rotatable bonds is 3. The molecule has 0 aliphatic rings. The third-order valence-electron chi connectivity index (χ3n) is 1.47. The third kappa shape index (κ3) is 2.77. The van der Waals surface area contributed by atoms with Crippen LogP contribution in [0.5, 0.6) is 0 Å². The predicted molar refractivity (Wildman–Crippen MR) is 48.5 cm³/mol. The molecule has 0 N–H and O–H groups in total. The SMILES string of the molecule is CN([C-]=O)c1ncn(C)c1[C-]=O.[CH3-].[Pt]. The van der Waals surface area contributed by atoms with Gasteiger partial charge in [0.25, 0.3) is 0 Å². The summed E-state index contributed by atoms with van der Waals surface area (Å²) in [5.74, 6) is 0.266. The molecular formula is C8H10N3O2Pt-3. The minimum Gasteiger partial charge on any atom is -0.464 e. The molecule has 0 fully saturated rings. The Balaban J connectivity index is 0. The van der Waals surface area contributed by atoms with Crippen LogP contribution in [0.15, 0.2) is 6.33 Å². The van der Waals surface area contributed by atoms with E-state index in [1.807, 2.05) is 0 Å². The van der Waals surface area contributed by atoms with E-state index in [2.05, 4.69) is 4.98 Å². The molecule has 1 aromatic heterocycles. The van der Waals surface area contributed by atoms with E-state index in [0.717, 1.165) is 4.90 Å². The van der Waals surface area contributed by atoms with Crippen LogP contribution in [0.1, 0.15) is 5.69 Å². The number of hydrogen-bond acceptors (Lipinski definition) is 3. The van der Waals surface area contributed by atoms with Crippen LogP contribution in [0.4, 0.5) is 5.82 Å². The van der Waals surface area contributed by atoms with E-state index in [-0.39, 0.29) is 40.0 Å². The number of aryl methyl sites for hydroxylation is 1. The zero-order chi connectivity index (χ0) is 9.14. The maximum Gasteiger partial charge on any atom is 0.0744 e. The van der Waals surface area contributed by atoms with Crippen LogP contribution < -0.4 is 4.90 Å². The standard InChI is InChI=1S/C7H7N3O2.CH3.Pt/c1-9-4-8-7(6(9)3-11)10(2)5-12;;/h4H,1-2H3;1H3;/q-2;-1;. The molecule has 0 aliphatic carbocycles. The Labute approximate surface area is 97.4 Å². The van der Waals surface area contributed by atoms with Gasteiger partial charge < -0.3 is 31.5 Å². The van der Waals surface area contributed by atoms with E-state index in [1.165, 1.54) is 17.9 Å². The minimum absolute atomic E-state index is 0. The summed E-state index contributed by atoms with van der Waals surface area (Å²) in [4.78, 5) is 25.5. The van der Waals surface area contributed by atoms with Crippen LogP contribution in [0.3, 0.4) is 0 Å². The maximum absolute atomic E-state index is 10.4. The Bertz CT molecular complexity index is 312. The molecule has 0 saturated carbocycles. The van der Waals surface area contributed by atoms with E-state index >= 15 is 0 Å². The topological polar surface area (TPSA) is 55.2 Å². The van der Waals surface area contributed by atoms with Crippen molar-refractivity contribution in [3.63, 3.8) is 0 Å². The molecule has 14 heavy (non-hydrogen) atoms. The second-order valence-electron chi connectivity index (χ2n) is 2.28. The van der Waals surface area contributed by atoms with E-state index < -0.39 is 0 Å². The largest absolute Gasteiger partial charge is 0.464 e. The van der Waals surface area contributed by atoms with Crippen molar-refractivity contribution >= 4 is 18.5 Å². The summed E-state index contributed by atoms with van der Waals surface area (Å²) in [5.41, 5.74) is 0.237. The van der Waals surface area contributed by atoms with Crippen molar-refractivity contribution in [1.29, 1.82) is 0 Å². The zero-order valence-corrected chi connectivity index (χ0v) is 10.3. The fourth-order valence-corrected chi connectivity index (χ4v) is 0.824. The Hall–Kier alpha value is -0.962. The van der Waals surface area contributed by atoms with Gasteiger partial charge in [-0.2, -0.15) is 0 Å². The van der Waals surface area contributed by atoms with Crippen molar-refractivity contribution in [3.05, 3.63) is 19.4 Å². The first-order valence-electron chi connectivity index (χ1n) is 3.21. The molecule has 0 atom stereocenters. The fourth-order valence-electron chi connectivity index (χ4n) is 0.824. The van der Waals surface area contributed by atoms with Crippen LogP contribution in [0.25, 0.3) is 0 Å². The van der Waals surface area contributed by atoms with Gasteiger partial charge in [0.2, 0.25) is 0 Å². The van der Waals surface area contributed by atoms with Gasteiger partial charge in [-0.15, -0.1) is 0 Å². The molecule has 1 aromatic rings. The van der Waals surface area contributed by atoms with Gasteiger partial charge in [0, 0.05) is 34.4 Å².